The molecule has 2 rings (SSSR count). The molecule has 1 heterocycles. The predicted octanol–water partition coefficient (Wildman–Crippen LogP) is 3.19. The summed E-state index contributed by atoms with van der Waals surface area (Å²) in [5.41, 5.74) is 8.71. The summed E-state index contributed by atoms with van der Waals surface area (Å²) in [6.45, 7) is 2.92. The third-order valence-corrected chi connectivity index (χ3v) is 3.08. The number of ether oxygens (including phenoxy) is 1. The van der Waals surface area contributed by atoms with Gasteiger partial charge >= 0.3 is 0 Å². The lowest BCUT2D eigenvalue weighted by molar-refractivity contribution is 0.296. The SMILES string of the molecule is Cc1cc(Br)cc(CN)c1OCc1ccccn1. The highest BCUT2D eigenvalue weighted by atomic mass is 79.9. The first kappa shape index (κ1) is 13.1. The molecule has 0 amide bonds. The number of aryl methyl sites for hydroxylation is 1. The van der Waals surface area contributed by atoms with Gasteiger partial charge in [-0.1, -0.05) is 22.0 Å². The topological polar surface area (TPSA) is 48.1 Å². The number of pyridine rings is 1. The summed E-state index contributed by atoms with van der Waals surface area (Å²) < 4.78 is 6.86. The molecule has 1 aromatic heterocycles. The Balaban J connectivity index is 2.19. The van der Waals surface area contributed by atoms with Gasteiger partial charge in [0.2, 0.25) is 0 Å². The van der Waals surface area contributed by atoms with Crippen LogP contribution in [0.15, 0.2) is 41.0 Å². The van der Waals surface area contributed by atoms with Crippen LogP contribution in [0.1, 0.15) is 16.8 Å². The van der Waals surface area contributed by atoms with Crippen LogP contribution in [0.3, 0.4) is 0 Å². The smallest absolute Gasteiger partial charge is 0.130 e. The molecule has 0 unspecified atom stereocenters. The molecule has 2 N–H and O–H groups in total. The van der Waals surface area contributed by atoms with Crippen molar-refractivity contribution in [2.45, 2.75) is 20.1 Å². The zero-order valence-corrected chi connectivity index (χ0v) is 11.8. The van der Waals surface area contributed by atoms with Crippen LogP contribution in [0.25, 0.3) is 0 Å². The minimum absolute atomic E-state index is 0.455. The molecule has 0 aliphatic heterocycles. The summed E-state index contributed by atoms with van der Waals surface area (Å²) in [6, 6.07) is 9.79. The molecule has 0 radical (unpaired) electrons. The minimum atomic E-state index is 0.455. The van der Waals surface area contributed by atoms with Gasteiger partial charge in [0.25, 0.3) is 0 Å². The molecule has 0 atom stereocenters. The normalized spacial score (nSPS) is 10.4. The van der Waals surface area contributed by atoms with Crippen molar-refractivity contribution < 1.29 is 4.74 Å². The number of aromatic nitrogens is 1. The van der Waals surface area contributed by atoms with Crippen molar-refractivity contribution in [1.82, 2.24) is 4.98 Å². The molecular formula is C14H15BrN2O. The van der Waals surface area contributed by atoms with Crippen LogP contribution in [0.5, 0.6) is 5.75 Å². The number of rotatable bonds is 4. The number of hydrogen-bond acceptors (Lipinski definition) is 3. The van der Waals surface area contributed by atoms with Gasteiger partial charge in [0.05, 0.1) is 5.69 Å². The van der Waals surface area contributed by atoms with Gasteiger partial charge in [-0.15, -0.1) is 0 Å². The molecule has 94 valence electrons. The first-order valence-corrected chi connectivity index (χ1v) is 6.52. The summed E-state index contributed by atoms with van der Waals surface area (Å²) in [5, 5.41) is 0. The maximum absolute atomic E-state index is 5.84. The van der Waals surface area contributed by atoms with Gasteiger partial charge < -0.3 is 10.5 Å². The second-order valence-corrected chi connectivity index (χ2v) is 4.94. The number of hydrogen-bond donors (Lipinski definition) is 1. The van der Waals surface area contributed by atoms with Crippen LogP contribution >= 0.6 is 15.9 Å². The summed E-state index contributed by atoms with van der Waals surface area (Å²) in [5.74, 6) is 0.853. The Morgan fingerprint density at radius 3 is 2.83 bits per heavy atom. The van der Waals surface area contributed by atoms with Gasteiger partial charge in [-0.2, -0.15) is 0 Å². The van der Waals surface area contributed by atoms with Crippen LogP contribution in [0.4, 0.5) is 0 Å². The van der Waals surface area contributed by atoms with E-state index in [0.29, 0.717) is 13.2 Å². The van der Waals surface area contributed by atoms with E-state index >= 15 is 0 Å². The van der Waals surface area contributed by atoms with Crippen LogP contribution in [0.2, 0.25) is 0 Å². The first-order valence-electron chi connectivity index (χ1n) is 5.72. The van der Waals surface area contributed by atoms with Gasteiger partial charge in [-0.3, -0.25) is 4.98 Å². The Labute approximate surface area is 115 Å². The minimum Gasteiger partial charge on any atom is -0.487 e. The van der Waals surface area contributed by atoms with Crippen LogP contribution in [-0.2, 0) is 13.2 Å². The van der Waals surface area contributed by atoms with E-state index < -0.39 is 0 Å². The summed E-state index contributed by atoms with van der Waals surface area (Å²) >= 11 is 3.46. The second-order valence-electron chi connectivity index (χ2n) is 4.02. The Bertz CT molecular complexity index is 529. The highest BCUT2D eigenvalue weighted by Gasteiger charge is 2.08. The maximum atomic E-state index is 5.84. The van der Waals surface area contributed by atoms with Gasteiger partial charge in [0, 0.05) is 22.8 Å². The Hall–Kier alpha value is -1.39. The lowest BCUT2D eigenvalue weighted by atomic mass is 10.1. The van der Waals surface area contributed by atoms with Gasteiger partial charge in [-0.25, -0.2) is 0 Å². The van der Waals surface area contributed by atoms with E-state index in [-0.39, 0.29) is 0 Å². The molecule has 0 aliphatic carbocycles. The van der Waals surface area contributed by atoms with E-state index in [4.69, 9.17) is 10.5 Å². The second kappa shape index (κ2) is 5.98. The van der Waals surface area contributed by atoms with E-state index in [0.717, 1.165) is 27.0 Å². The fraction of sp³-hybridized carbons (Fsp3) is 0.214. The molecule has 0 spiro atoms. The monoisotopic (exact) mass is 306 g/mol. The summed E-state index contributed by atoms with van der Waals surface area (Å²) in [7, 11) is 0. The molecule has 0 saturated heterocycles. The number of nitrogens with zero attached hydrogens (tertiary/aromatic N) is 1. The molecule has 18 heavy (non-hydrogen) atoms. The third kappa shape index (κ3) is 3.09. The molecule has 2 aromatic rings. The van der Waals surface area contributed by atoms with Crippen molar-refractivity contribution in [3.8, 4) is 5.75 Å². The lowest BCUT2D eigenvalue weighted by Gasteiger charge is -2.13. The Morgan fingerprint density at radius 1 is 1.33 bits per heavy atom. The molecule has 0 bridgehead atoms. The number of benzene rings is 1. The molecule has 4 heteroatoms. The molecule has 1 aromatic carbocycles. The van der Waals surface area contributed by atoms with Crippen molar-refractivity contribution >= 4 is 15.9 Å². The average Bonchev–Trinajstić information content (AvgIpc) is 2.38. The highest BCUT2D eigenvalue weighted by Crippen LogP contribution is 2.28. The number of nitrogens with two attached hydrogens (primary N) is 1. The lowest BCUT2D eigenvalue weighted by Crippen LogP contribution is -2.05. The molecule has 0 fully saturated rings. The van der Waals surface area contributed by atoms with Crippen LogP contribution < -0.4 is 10.5 Å². The van der Waals surface area contributed by atoms with E-state index in [2.05, 4.69) is 20.9 Å². The van der Waals surface area contributed by atoms with Crippen molar-refractivity contribution in [2.24, 2.45) is 5.73 Å². The van der Waals surface area contributed by atoms with Crippen molar-refractivity contribution in [2.75, 3.05) is 0 Å². The zero-order chi connectivity index (χ0) is 13.0. The summed E-state index contributed by atoms with van der Waals surface area (Å²) in [6.07, 6.45) is 1.76. The van der Waals surface area contributed by atoms with Crippen molar-refractivity contribution in [3.63, 3.8) is 0 Å². The Kier molecular flexibility index (Phi) is 4.33. The highest BCUT2D eigenvalue weighted by molar-refractivity contribution is 9.10. The van der Waals surface area contributed by atoms with Crippen molar-refractivity contribution in [3.05, 3.63) is 57.8 Å². The van der Waals surface area contributed by atoms with E-state index in [1.165, 1.54) is 0 Å². The van der Waals surface area contributed by atoms with Crippen LogP contribution in [0, 0.1) is 6.92 Å². The average molecular weight is 307 g/mol. The quantitative estimate of drug-likeness (QED) is 0.943. The van der Waals surface area contributed by atoms with Gasteiger partial charge in [0.1, 0.15) is 12.4 Å². The zero-order valence-electron chi connectivity index (χ0n) is 10.2. The Morgan fingerprint density at radius 2 is 2.17 bits per heavy atom. The summed E-state index contributed by atoms with van der Waals surface area (Å²) in [4.78, 5) is 4.23. The third-order valence-electron chi connectivity index (χ3n) is 2.63. The first-order chi connectivity index (χ1) is 8.70. The fourth-order valence-corrected chi connectivity index (χ4v) is 2.41. The molecule has 0 aliphatic rings. The van der Waals surface area contributed by atoms with Gasteiger partial charge in [0.15, 0.2) is 0 Å². The largest absolute Gasteiger partial charge is 0.487 e. The molecular weight excluding hydrogens is 292 g/mol. The maximum Gasteiger partial charge on any atom is 0.130 e. The predicted molar refractivity (Wildman–Crippen MR) is 75.3 cm³/mol. The molecule has 3 nitrogen and oxygen atoms in total. The van der Waals surface area contributed by atoms with Crippen LogP contribution in [-0.4, -0.2) is 4.98 Å². The standard InChI is InChI=1S/C14H15BrN2O/c1-10-6-12(15)7-11(8-16)14(10)18-9-13-4-2-3-5-17-13/h2-7H,8-9,16H2,1H3. The van der Waals surface area contributed by atoms with E-state index in [1.54, 1.807) is 6.20 Å². The van der Waals surface area contributed by atoms with E-state index in [1.807, 2.05) is 37.3 Å². The van der Waals surface area contributed by atoms with Crippen molar-refractivity contribution in [1.29, 1.82) is 0 Å². The number of halogens is 1. The molecule has 0 saturated carbocycles. The fourth-order valence-electron chi connectivity index (χ4n) is 1.79. The van der Waals surface area contributed by atoms with Gasteiger partial charge in [-0.05, 0) is 36.8 Å². The van der Waals surface area contributed by atoms with E-state index in [9.17, 15) is 0 Å².